The third-order valence-electron chi connectivity index (χ3n) is 4.33. The Balaban J connectivity index is 1.74. The molecule has 1 N–H and O–H groups in total. The second-order valence-corrected chi connectivity index (χ2v) is 5.71. The van der Waals surface area contributed by atoms with Crippen molar-refractivity contribution in [1.82, 2.24) is 14.9 Å². The number of aryl methyl sites for hydroxylation is 2. The van der Waals surface area contributed by atoms with Crippen LogP contribution >= 0.6 is 0 Å². The number of hydrogen-bond acceptors (Lipinski definition) is 3. The van der Waals surface area contributed by atoms with E-state index in [9.17, 15) is 4.79 Å². The fourth-order valence-corrected chi connectivity index (χ4v) is 2.96. The Bertz CT molecular complexity index is 638. The van der Waals surface area contributed by atoms with Crippen molar-refractivity contribution in [2.75, 3.05) is 6.54 Å². The zero-order valence-electron chi connectivity index (χ0n) is 12.1. The second kappa shape index (κ2) is 5.37. The molecule has 1 aliphatic carbocycles. The summed E-state index contributed by atoms with van der Waals surface area (Å²) in [6, 6.07) is 6.32. The van der Waals surface area contributed by atoms with Gasteiger partial charge in [0, 0.05) is 18.7 Å². The summed E-state index contributed by atoms with van der Waals surface area (Å²) in [6.45, 7) is 2.41. The van der Waals surface area contributed by atoms with E-state index in [1.54, 1.807) is 0 Å². The maximum absolute atomic E-state index is 12.2. The zero-order chi connectivity index (χ0) is 14.1. The summed E-state index contributed by atoms with van der Waals surface area (Å²) in [5, 5.41) is 3.37. The number of nitrogens with zero attached hydrogens (tertiary/aromatic N) is 2. The summed E-state index contributed by atoms with van der Waals surface area (Å²) in [7, 11) is 1.99. The zero-order valence-corrected chi connectivity index (χ0v) is 12.1. The Hall–Kier alpha value is -1.68. The molecule has 1 aromatic heterocycles. The highest BCUT2D eigenvalue weighted by Crippen LogP contribution is 2.19. The third kappa shape index (κ3) is 2.48. The SMILES string of the molecule is Cc1nc2cc(C(=O)CNC3CCCC3)ccc2n1C. The minimum absolute atomic E-state index is 0.155. The molecule has 0 spiro atoms. The molecule has 0 unspecified atom stereocenters. The van der Waals surface area contributed by atoms with Gasteiger partial charge in [0.1, 0.15) is 5.82 Å². The molecule has 1 fully saturated rings. The monoisotopic (exact) mass is 271 g/mol. The largest absolute Gasteiger partial charge is 0.331 e. The number of nitrogens with one attached hydrogen (secondary N) is 1. The van der Waals surface area contributed by atoms with Crippen molar-refractivity contribution in [3.8, 4) is 0 Å². The van der Waals surface area contributed by atoms with Crippen LogP contribution in [0.15, 0.2) is 18.2 Å². The maximum Gasteiger partial charge on any atom is 0.176 e. The molecule has 0 atom stereocenters. The Morgan fingerprint density at radius 2 is 2.15 bits per heavy atom. The van der Waals surface area contributed by atoms with E-state index >= 15 is 0 Å². The first-order valence-corrected chi connectivity index (χ1v) is 7.35. The van der Waals surface area contributed by atoms with Gasteiger partial charge in [-0.25, -0.2) is 4.98 Å². The van der Waals surface area contributed by atoms with Crippen molar-refractivity contribution in [1.29, 1.82) is 0 Å². The quantitative estimate of drug-likeness (QED) is 0.869. The molecule has 4 heteroatoms. The van der Waals surface area contributed by atoms with Gasteiger partial charge in [0.15, 0.2) is 5.78 Å². The minimum atomic E-state index is 0.155. The van der Waals surface area contributed by atoms with Crippen LogP contribution in [-0.4, -0.2) is 27.9 Å². The lowest BCUT2D eigenvalue weighted by Crippen LogP contribution is -2.31. The van der Waals surface area contributed by atoms with Crippen LogP contribution in [-0.2, 0) is 7.05 Å². The molecule has 20 heavy (non-hydrogen) atoms. The third-order valence-corrected chi connectivity index (χ3v) is 4.33. The molecule has 106 valence electrons. The van der Waals surface area contributed by atoms with E-state index in [4.69, 9.17) is 0 Å². The fraction of sp³-hybridized carbons (Fsp3) is 0.500. The number of aromatic nitrogens is 2. The molecule has 1 heterocycles. The van der Waals surface area contributed by atoms with E-state index in [2.05, 4.69) is 10.3 Å². The van der Waals surface area contributed by atoms with Crippen molar-refractivity contribution >= 4 is 16.8 Å². The number of rotatable bonds is 4. The van der Waals surface area contributed by atoms with E-state index in [1.165, 1.54) is 25.7 Å². The first kappa shape index (κ1) is 13.3. The lowest BCUT2D eigenvalue weighted by molar-refractivity contribution is 0.0987. The molecule has 2 aromatic rings. The van der Waals surface area contributed by atoms with E-state index < -0.39 is 0 Å². The highest BCUT2D eigenvalue weighted by molar-refractivity contribution is 6.00. The average Bonchev–Trinajstić information content (AvgIpc) is 3.05. The van der Waals surface area contributed by atoms with Crippen LogP contribution in [0.1, 0.15) is 41.9 Å². The minimum Gasteiger partial charge on any atom is -0.331 e. The Morgan fingerprint density at radius 1 is 1.40 bits per heavy atom. The molecule has 1 aliphatic rings. The van der Waals surface area contributed by atoms with E-state index in [0.29, 0.717) is 12.6 Å². The molecule has 0 saturated heterocycles. The first-order valence-electron chi connectivity index (χ1n) is 7.35. The number of hydrogen-bond donors (Lipinski definition) is 1. The second-order valence-electron chi connectivity index (χ2n) is 5.71. The molecule has 0 amide bonds. The predicted molar refractivity (Wildman–Crippen MR) is 80.0 cm³/mol. The van der Waals surface area contributed by atoms with Crippen molar-refractivity contribution in [3.05, 3.63) is 29.6 Å². The average molecular weight is 271 g/mol. The van der Waals surface area contributed by atoms with Gasteiger partial charge in [-0.05, 0) is 38.0 Å². The summed E-state index contributed by atoms with van der Waals surface area (Å²) in [6.07, 6.45) is 4.97. The fourth-order valence-electron chi connectivity index (χ4n) is 2.96. The van der Waals surface area contributed by atoms with Gasteiger partial charge < -0.3 is 9.88 Å². The van der Waals surface area contributed by atoms with Gasteiger partial charge in [-0.1, -0.05) is 12.8 Å². The van der Waals surface area contributed by atoms with Crippen LogP contribution < -0.4 is 5.32 Å². The number of carbonyl (C=O) groups excluding carboxylic acids is 1. The molecular formula is C16H21N3O. The van der Waals surface area contributed by atoms with Crippen LogP contribution in [0, 0.1) is 6.92 Å². The molecular weight excluding hydrogens is 250 g/mol. The van der Waals surface area contributed by atoms with Crippen LogP contribution in [0.5, 0.6) is 0 Å². The van der Waals surface area contributed by atoms with Gasteiger partial charge in [-0.15, -0.1) is 0 Å². The van der Waals surface area contributed by atoms with E-state index in [0.717, 1.165) is 22.4 Å². The molecule has 3 rings (SSSR count). The lowest BCUT2D eigenvalue weighted by Gasteiger charge is -2.10. The van der Waals surface area contributed by atoms with Crippen LogP contribution in [0.2, 0.25) is 0 Å². The molecule has 0 bridgehead atoms. The van der Waals surface area contributed by atoms with Crippen LogP contribution in [0.4, 0.5) is 0 Å². The summed E-state index contributed by atoms with van der Waals surface area (Å²) in [4.78, 5) is 16.7. The number of imidazole rings is 1. The molecule has 1 aromatic carbocycles. The summed E-state index contributed by atoms with van der Waals surface area (Å²) >= 11 is 0. The van der Waals surface area contributed by atoms with Gasteiger partial charge in [-0.3, -0.25) is 4.79 Å². The number of carbonyl (C=O) groups is 1. The summed E-state index contributed by atoms with van der Waals surface area (Å²) in [5.74, 6) is 1.12. The Morgan fingerprint density at radius 3 is 2.90 bits per heavy atom. The van der Waals surface area contributed by atoms with Gasteiger partial charge in [0.05, 0.1) is 17.6 Å². The molecule has 0 aliphatic heterocycles. The lowest BCUT2D eigenvalue weighted by atomic mass is 10.1. The Labute approximate surface area is 119 Å². The first-order chi connectivity index (χ1) is 9.65. The molecule has 0 radical (unpaired) electrons. The summed E-state index contributed by atoms with van der Waals surface area (Å²) < 4.78 is 2.04. The van der Waals surface area contributed by atoms with Crippen molar-refractivity contribution in [3.63, 3.8) is 0 Å². The number of fused-ring (bicyclic) bond motifs is 1. The van der Waals surface area contributed by atoms with E-state index in [-0.39, 0.29) is 5.78 Å². The normalized spacial score (nSPS) is 16.1. The van der Waals surface area contributed by atoms with Gasteiger partial charge >= 0.3 is 0 Å². The number of benzene rings is 1. The van der Waals surface area contributed by atoms with Crippen LogP contribution in [0.3, 0.4) is 0 Å². The van der Waals surface area contributed by atoms with Crippen LogP contribution in [0.25, 0.3) is 11.0 Å². The topological polar surface area (TPSA) is 46.9 Å². The van der Waals surface area contributed by atoms with Gasteiger partial charge in [0.25, 0.3) is 0 Å². The molecule has 4 nitrogen and oxygen atoms in total. The molecule has 1 saturated carbocycles. The predicted octanol–water partition coefficient (Wildman–Crippen LogP) is 2.60. The number of Topliss-reactive ketones (excluding diaryl/α,β-unsaturated/α-hetero) is 1. The van der Waals surface area contributed by atoms with Gasteiger partial charge in [0.2, 0.25) is 0 Å². The van der Waals surface area contributed by atoms with E-state index in [1.807, 2.05) is 36.7 Å². The van der Waals surface area contributed by atoms with Crippen molar-refractivity contribution < 1.29 is 4.79 Å². The standard InChI is InChI=1S/C16H21N3O/c1-11-18-14-9-12(7-8-15(14)19(11)2)16(20)10-17-13-5-3-4-6-13/h7-9,13,17H,3-6,10H2,1-2H3. The van der Waals surface area contributed by atoms with Crippen molar-refractivity contribution in [2.45, 2.75) is 38.6 Å². The smallest absolute Gasteiger partial charge is 0.176 e. The highest BCUT2D eigenvalue weighted by Gasteiger charge is 2.16. The maximum atomic E-state index is 12.2. The number of ketones is 1. The summed E-state index contributed by atoms with van der Waals surface area (Å²) in [5.41, 5.74) is 2.72. The van der Waals surface area contributed by atoms with Gasteiger partial charge in [-0.2, -0.15) is 0 Å². The Kier molecular flexibility index (Phi) is 3.57. The van der Waals surface area contributed by atoms with Crippen molar-refractivity contribution in [2.24, 2.45) is 7.05 Å². The highest BCUT2D eigenvalue weighted by atomic mass is 16.1.